The molecule has 0 aliphatic heterocycles. The summed E-state index contributed by atoms with van der Waals surface area (Å²) in [5.74, 6) is -4.30. The molecule has 0 spiro atoms. The van der Waals surface area contributed by atoms with Gasteiger partial charge in [0.1, 0.15) is 0 Å². The number of aliphatic carboxylic acids is 2. The molecule has 0 saturated carbocycles. The first-order chi connectivity index (χ1) is 6.93. The number of halogens is 1. The Balaban J connectivity index is 3.23. The fourth-order valence-corrected chi connectivity index (χ4v) is 1.56. The van der Waals surface area contributed by atoms with Crippen LogP contribution >= 0.6 is 11.6 Å². The Morgan fingerprint density at radius 3 is 2.20 bits per heavy atom. The largest absolute Gasteiger partial charge is 0.480 e. The SMILES string of the molecule is Cc1cc(Cl)ccc1C(C(=O)O)C(=O)O. The Morgan fingerprint density at radius 2 is 1.80 bits per heavy atom. The van der Waals surface area contributed by atoms with Gasteiger partial charge in [0.05, 0.1) is 0 Å². The third-order valence-corrected chi connectivity index (χ3v) is 2.27. The molecular weight excluding hydrogens is 220 g/mol. The third-order valence-electron chi connectivity index (χ3n) is 2.04. The van der Waals surface area contributed by atoms with Gasteiger partial charge in [0.15, 0.2) is 5.92 Å². The maximum absolute atomic E-state index is 10.8. The molecular formula is C10H9ClO4. The molecule has 0 amide bonds. The first kappa shape index (κ1) is 11.5. The van der Waals surface area contributed by atoms with Crippen molar-refractivity contribution in [2.45, 2.75) is 12.8 Å². The van der Waals surface area contributed by atoms with Crippen molar-refractivity contribution in [2.24, 2.45) is 0 Å². The van der Waals surface area contributed by atoms with Gasteiger partial charge >= 0.3 is 11.9 Å². The molecule has 1 rings (SSSR count). The number of hydrogen-bond acceptors (Lipinski definition) is 2. The van der Waals surface area contributed by atoms with Crippen LogP contribution in [0, 0.1) is 6.92 Å². The Labute approximate surface area is 91.1 Å². The summed E-state index contributed by atoms with van der Waals surface area (Å²) in [6, 6.07) is 4.43. The molecule has 0 fully saturated rings. The van der Waals surface area contributed by atoms with Crippen molar-refractivity contribution in [2.75, 3.05) is 0 Å². The van der Waals surface area contributed by atoms with Gasteiger partial charge in [-0.25, -0.2) is 0 Å². The van der Waals surface area contributed by atoms with E-state index in [9.17, 15) is 9.59 Å². The quantitative estimate of drug-likeness (QED) is 0.775. The average molecular weight is 229 g/mol. The monoisotopic (exact) mass is 228 g/mol. The lowest BCUT2D eigenvalue weighted by Crippen LogP contribution is -2.21. The second-order valence-electron chi connectivity index (χ2n) is 3.11. The molecule has 80 valence electrons. The number of aryl methyl sites for hydroxylation is 1. The first-order valence-corrected chi connectivity index (χ1v) is 4.53. The van der Waals surface area contributed by atoms with Crippen molar-refractivity contribution in [3.8, 4) is 0 Å². The summed E-state index contributed by atoms with van der Waals surface area (Å²) >= 11 is 5.69. The standard InChI is InChI=1S/C10H9ClO4/c1-5-4-6(11)2-3-7(5)8(9(12)13)10(14)15/h2-4,8H,1H3,(H,12,13)(H,14,15). The predicted octanol–water partition coefficient (Wildman–Crippen LogP) is 1.90. The van der Waals surface area contributed by atoms with E-state index < -0.39 is 17.9 Å². The number of rotatable bonds is 3. The molecule has 0 unspecified atom stereocenters. The van der Waals surface area contributed by atoms with Crippen LogP contribution in [-0.4, -0.2) is 22.2 Å². The molecule has 2 N–H and O–H groups in total. The summed E-state index contributed by atoms with van der Waals surface area (Å²) in [7, 11) is 0. The van der Waals surface area contributed by atoms with Crippen molar-refractivity contribution in [3.05, 3.63) is 34.3 Å². The van der Waals surface area contributed by atoms with E-state index >= 15 is 0 Å². The highest BCUT2D eigenvalue weighted by atomic mass is 35.5. The molecule has 5 heteroatoms. The van der Waals surface area contributed by atoms with Crippen LogP contribution in [0.3, 0.4) is 0 Å². The van der Waals surface area contributed by atoms with E-state index in [1.54, 1.807) is 6.92 Å². The van der Waals surface area contributed by atoms with Crippen molar-refractivity contribution >= 4 is 23.5 Å². The highest BCUT2D eigenvalue weighted by Crippen LogP contribution is 2.23. The normalized spacial score (nSPS) is 10.3. The van der Waals surface area contributed by atoms with Gasteiger partial charge < -0.3 is 10.2 Å². The zero-order chi connectivity index (χ0) is 11.6. The summed E-state index contributed by atoms with van der Waals surface area (Å²) < 4.78 is 0. The first-order valence-electron chi connectivity index (χ1n) is 4.15. The number of carboxylic acids is 2. The van der Waals surface area contributed by atoms with Crippen LogP contribution < -0.4 is 0 Å². The lowest BCUT2D eigenvalue weighted by Gasteiger charge is -2.10. The van der Waals surface area contributed by atoms with Crippen LogP contribution in [0.2, 0.25) is 5.02 Å². The molecule has 0 saturated heterocycles. The van der Waals surface area contributed by atoms with Crippen LogP contribution in [-0.2, 0) is 9.59 Å². The Morgan fingerprint density at radius 1 is 1.27 bits per heavy atom. The smallest absolute Gasteiger partial charge is 0.322 e. The van der Waals surface area contributed by atoms with Gasteiger partial charge in [-0.3, -0.25) is 9.59 Å². The molecule has 0 aromatic heterocycles. The fraction of sp³-hybridized carbons (Fsp3) is 0.200. The molecule has 0 aliphatic carbocycles. The molecule has 0 bridgehead atoms. The summed E-state index contributed by atoms with van der Waals surface area (Å²) in [5, 5.41) is 18.0. The van der Waals surface area contributed by atoms with E-state index in [0.717, 1.165) is 0 Å². The van der Waals surface area contributed by atoms with Gasteiger partial charge in [-0.2, -0.15) is 0 Å². The van der Waals surface area contributed by atoms with Crippen LogP contribution in [0.15, 0.2) is 18.2 Å². The fourth-order valence-electron chi connectivity index (χ4n) is 1.33. The third kappa shape index (κ3) is 2.47. The minimum absolute atomic E-state index is 0.249. The van der Waals surface area contributed by atoms with Crippen molar-refractivity contribution in [1.82, 2.24) is 0 Å². The molecule has 0 atom stereocenters. The van der Waals surface area contributed by atoms with Gasteiger partial charge in [-0.05, 0) is 30.2 Å². The van der Waals surface area contributed by atoms with Crippen LogP contribution in [0.25, 0.3) is 0 Å². The summed E-state index contributed by atoms with van der Waals surface area (Å²) in [6.45, 7) is 1.63. The van der Waals surface area contributed by atoms with E-state index in [1.807, 2.05) is 0 Å². The minimum atomic E-state index is -1.54. The van der Waals surface area contributed by atoms with Crippen molar-refractivity contribution in [3.63, 3.8) is 0 Å². The van der Waals surface area contributed by atoms with Gasteiger partial charge in [-0.15, -0.1) is 0 Å². The molecule has 0 radical (unpaired) electrons. The molecule has 15 heavy (non-hydrogen) atoms. The van der Waals surface area contributed by atoms with Crippen molar-refractivity contribution < 1.29 is 19.8 Å². The molecule has 4 nitrogen and oxygen atoms in total. The average Bonchev–Trinajstić information content (AvgIpc) is 2.08. The Hall–Kier alpha value is -1.55. The van der Waals surface area contributed by atoms with E-state index in [2.05, 4.69) is 0 Å². The number of carbonyl (C=O) groups is 2. The van der Waals surface area contributed by atoms with Crippen LogP contribution in [0.1, 0.15) is 17.0 Å². The highest BCUT2D eigenvalue weighted by Gasteiger charge is 2.29. The summed E-state index contributed by atoms with van der Waals surface area (Å²) in [4.78, 5) is 21.5. The van der Waals surface area contributed by atoms with E-state index in [0.29, 0.717) is 10.6 Å². The molecule has 0 aliphatic rings. The molecule has 1 aromatic carbocycles. The van der Waals surface area contributed by atoms with Crippen LogP contribution in [0.4, 0.5) is 0 Å². The maximum atomic E-state index is 10.8. The second kappa shape index (κ2) is 4.31. The lowest BCUT2D eigenvalue weighted by atomic mass is 9.95. The lowest BCUT2D eigenvalue weighted by molar-refractivity contribution is -0.150. The minimum Gasteiger partial charge on any atom is -0.480 e. The predicted molar refractivity (Wildman–Crippen MR) is 54.2 cm³/mol. The number of hydrogen-bond donors (Lipinski definition) is 2. The highest BCUT2D eigenvalue weighted by molar-refractivity contribution is 6.30. The molecule has 1 aromatic rings. The summed E-state index contributed by atoms with van der Waals surface area (Å²) in [6.07, 6.45) is 0. The van der Waals surface area contributed by atoms with Gasteiger partial charge in [-0.1, -0.05) is 17.7 Å². The summed E-state index contributed by atoms with van der Waals surface area (Å²) in [5.41, 5.74) is 0.803. The number of carboxylic acid groups (broad SMARTS) is 2. The zero-order valence-electron chi connectivity index (χ0n) is 7.90. The second-order valence-corrected chi connectivity index (χ2v) is 3.55. The number of benzene rings is 1. The maximum Gasteiger partial charge on any atom is 0.322 e. The van der Waals surface area contributed by atoms with Gasteiger partial charge in [0.25, 0.3) is 0 Å². The van der Waals surface area contributed by atoms with Crippen molar-refractivity contribution in [1.29, 1.82) is 0 Å². The van der Waals surface area contributed by atoms with E-state index in [1.165, 1.54) is 18.2 Å². The molecule has 0 heterocycles. The Bertz CT molecular complexity index is 400. The topological polar surface area (TPSA) is 74.6 Å². The Kier molecular flexibility index (Phi) is 3.31. The van der Waals surface area contributed by atoms with E-state index in [4.69, 9.17) is 21.8 Å². The van der Waals surface area contributed by atoms with Crippen LogP contribution in [0.5, 0.6) is 0 Å². The zero-order valence-corrected chi connectivity index (χ0v) is 8.65. The van der Waals surface area contributed by atoms with Gasteiger partial charge in [0, 0.05) is 5.02 Å². The van der Waals surface area contributed by atoms with E-state index in [-0.39, 0.29) is 5.56 Å². The van der Waals surface area contributed by atoms with Gasteiger partial charge in [0.2, 0.25) is 0 Å².